The van der Waals surface area contributed by atoms with Gasteiger partial charge in [-0.15, -0.1) is 6.42 Å². The molecule has 1 rings (SSSR count). The number of carbonyl (C=O) groups is 2. The van der Waals surface area contributed by atoms with Crippen LogP contribution in [-0.4, -0.2) is 17.6 Å². The van der Waals surface area contributed by atoms with Crippen molar-refractivity contribution < 1.29 is 14.3 Å². The van der Waals surface area contributed by atoms with Crippen molar-refractivity contribution >= 4 is 12.0 Å². The zero-order valence-electron chi connectivity index (χ0n) is 5.30. The lowest BCUT2D eigenvalue weighted by Gasteiger charge is -2.08. The summed E-state index contributed by atoms with van der Waals surface area (Å²) in [5.41, 5.74) is -1.41. The minimum Gasteiger partial charge on any atom is -0.420 e. The molecule has 52 valence electrons. The number of ether oxygens (including phenoxy) is 1. The van der Waals surface area contributed by atoms with Crippen molar-refractivity contribution in [1.29, 1.82) is 0 Å². The van der Waals surface area contributed by atoms with E-state index in [1.807, 2.05) is 5.32 Å². The third-order valence-corrected chi connectivity index (χ3v) is 1.22. The van der Waals surface area contributed by atoms with Gasteiger partial charge in [-0.3, -0.25) is 10.1 Å². The van der Waals surface area contributed by atoms with Crippen LogP contribution < -0.4 is 5.32 Å². The molecule has 1 heterocycles. The summed E-state index contributed by atoms with van der Waals surface area (Å²) < 4.78 is 4.47. The molecule has 4 heteroatoms. The highest BCUT2D eigenvalue weighted by atomic mass is 16.6. The van der Waals surface area contributed by atoms with E-state index in [9.17, 15) is 9.59 Å². The van der Waals surface area contributed by atoms with Gasteiger partial charge in [0.05, 0.1) is 0 Å². The van der Waals surface area contributed by atoms with Crippen LogP contribution in [0.1, 0.15) is 6.92 Å². The van der Waals surface area contributed by atoms with Crippen LogP contribution >= 0.6 is 0 Å². The average molecular weight is 139 g/mol. The second kappa shape index (κ2) is 1.74. The summed E-state index contributed by atoms with van der Waals surface area (Å²) in [5.74, 6) is 1.48. The number of rotatable bonds is 0. The van der Waals surface area contributed by atoms with Crippen molar-refractivity contribution in [2.75, 3.05) is 0 Å². The highest BCUT2D eigenvalue weighted by Crippen LogP contribution is 2.14. The van der Waals surface area contributed by atoms with Gasteiger partial charge in [-0.25, -0.2) is 4.79 Å². The summed E-state index contributed by atoms with van der Waals surface area (Å²) in [6, 6.07) is 0. The van der Waals surface area contributed by atoms with E-state index in [-0.39, 0.29) is 0 Å². The van der Waals surface area contributed by atoms with E-state index in [0.717, 1.165) is 0 Å². The van der Waals surface area contributed by atoms with Crippen molar-refractivity contribution in [3.8, 4) is 12.3 Å². The molecule has 1 N–H and O–H groups in total. The van der Waals surface area contributed by atoms with E-state index < -0.39 is 17.6 Å². The molecular weight excluding hydrogens is 134 g/mol. The first-order valence-electron chi connectivity index (χ1n) is 2.61. The maximum Gasteiger partial charge on any atom is 0.415 e. The molecule has 0 bridgehead atoms. The van der Waals surface area contributed by atoms with Crippen LogP contribution in [0.25, 0.3) is 0 Å². The Hall–Kier alpha value is -1.50. The second-order valence-electron chi connectivity index (χ2n) is 2.02. The lowest BCUT2D eigenvalue weighted by molar-refractivity contribution is -0.126. The summed E-state index contributed by atoms with van der Waals surface area (Å²) >= 11 is 0. The second-order valence-corrected chi connectivity index (χ2v) is 2.02. The third kappa shape index (κ3) is 0.722. The van der Waals surface area contributed by atoms with Crippen LogP contribution in [0.2, 0.25) is 0 Å². The molecule has 0 aromatic carbocycles. The SMILES string of the molecule is C#CC1(C)OC(=O)NC1=O. The van der Waals surface area contributed by atoms with Gasteiger partial charge in [-0.1, -0.05) is 0 Å². The minimum absolute atomic E-state index is 0.583. The minimum atomic E-state index is -1.41. The first kappa shape index (κ1) is 6.62. The molecule has 1 fully saturated rings. The van der Waals surface area contributed by atoms with Crippen LogP contribution in [-0.2, 0) is 9.53 Å². The monoisotopic (exact) mass is 139 g/mol. The molecule has 0 aromatic rings. The molecule has 2 amide bonds. The largest absolute Gasteiger partial charge is 0.420 e. The number of terminal acetylenes is 1. The number of carbonyl (C=O) groups excluding carboxylic acids is 2. The van der Waals surface area contributed by atoms with Gasteiger partial charge in [0.15, 0.2) is 0 Å². The molecule has 1 aliphatic rings. The lowest BCUT2D eigenvalue weighted by atomic mass is 10.1. The van der Waals surface area contributed by atoms with Gasteiger partial charge in [0, 0.05) is 0 Å². The fraction of sp³-hybridized carbons (Fsp3) is 0.333. The number of nitrogens with one attached hydrogen (secondary N) is 1. The molecular formula is C6H5NO3. The van der Waals surface area contributed by atoms with E-state index >= 15 is 0 Å². The van der Waals surface area contributed by atoms with E-state index in [1.54, 1.807) is 0 Å². The smallest absolute Gasteiger partial charge is 0.415 e. The van der Waals surface area contributed by atoms with Crippen LogP contribution in [0, 0.1) is 12.3 Å². The van der Waals surface area contributed by atoms with E-state index in [1.165, 1.54) is 6.92 Å². The van der Waals surface area contributed by atoms with Crippen molar-refractivity contribution in [3.63, 3.8) is 0 Å². The normalized spacial score (nSPS) is 30.8. The number of alkyl carbamates (subject to hydrolysis) is 1. The quantitative estimate of drug-likeness (QED) is 0.466. The van der Waals surface area contributed by atoms with Gasteiger partial charge in [0.25, 0.3) is 5.91 Å². The van der Waals surface area contributed by atoms with Crippen LogP contribution in [0.3, 0.4) is 0 Å². The maximum absolute atomic E-state index is 10.7. The zero-order chi connectivity index (χ0) is 7.78. The Morgan fingerprint density at radius 3 is 2.50 bits per heavy atom. The molecule has 1 atom stereocenters. The molecule has 1 aliphatic heterocycles. The predicted molar refractivity (Wildman–Crippen MR) is 31.9 cm³/mol. The molecule has 0 saturated carbocycles. The summed E-state index contributed by atoms with van der Waals surface area (Å²) in [6.07, 6.45) is 4.15. The van der Waals surface area contributed by atoms with E-state index in [4.69, 9.17) is 6.42 Å². The van der Waals surface area contributed by atoms with E-state index in [0.29, 0.717) is 0 Å². The Kier molecular flexibility index (Phi) is 1.15. The average Bonchev–Trinajstić information content (AvgIpc) is 2.09. The number of cyclic esters (lactones) is 1. The fourth-order valence-electron chi connectivity index (χ4n) is 0.564. The van der Waals surface area contributed by atoms with Gasteiger partial charge in [-0.05, 0) is 12.8 Å². The first-order valence-corrected chi connectivity index (χ1v) is 2.61. The molecule has 0 aliphatic carbocycles. The molecule has 10 heavy (non-hydrogen) atoms. The maximum atomic E-state index is 10.7. The van der Waals surface area contributed by atoms with Gasteiger partial charge in [0.2, 0.25) is 5.60 Å². The summed E-state index contributed by atoms with van der Waals surface area (Å²) in [4.78, 5) is 21.1. The molecule has 4 nitrogen and oxygen atoms in total. The molecule has 0 spiro atoms. The first-order chi connectivity index (χ1) is 4.58. The Labute approximate surface area is 57.5 Å². The van der Waals surface area contributed by atoms with Gasteiger partial charge < -0.3 is 4.74 Å². The highest BCUT2D eigenvalue weighted by Gasteiger charge is 2.43. The molecule has 0 aromatic heterocycles. The summed E-state index contributed by atoms with van der Waals surface area (Å²) in [5, 5.41) is 1.92. The number of imide groups is 1. The number of hydrogen-bond acceptors (Lipinski definition) is 3. The number of hydrogen-bond donors (Lipinski definition) is 1. The standard InChI is InChI=1S/C6H5NO3/c1-3-6(2)4(8)7-5(9)10-6/h1H,2H3,(H,7,8,9). The Morgan fingerprint density at radius 1 is 1.70 bits per heavy atom. The third-order valence-electron chi connectivity index (χ3n) is 1.22. The molecule has 0 radical (unpaired) electrons. The molecule has 1 saturated heterocycles. The Balaban J connectivity index is 2.94. The van der Waals surface area contributed by atoms with Crippen LogP contribution in [0.5, 0.6) is 0 Å². The summed E-state index contributed by atoms with van der Waals surface area (Å²) in [7, 11) is 0. The van der Waals surface area contributed by atoms with Crippen molar-refractivity contribution in [2.24, 2.45) is 0 Å². The van der Waals surface area contributed by atoms with Crippen LogP contribution in [0.15, 0.2) is 0 Å². The van der Waals surface area contributed by atoms with Gasteiger partial charge in [0.1, 0.15) is 0 Å². The topological polar surface area (TPSA) is 55.4 Å². The van der Waals surface area contributed by atoms with Crippen molar-refractivity contribution in [1.82, 2.24) is 5.32 Å². The van der Waals surface area contributed by atoms with Crippen molar-refractivity contribution in [3.05, 3.63) is 0 Å². The predicted octanol–water partition coefficient (Wildman–Crippen LogP) is -0.355. The Bertz CT molecular complexity index is 240. The van der Waals surface area contributed by atoms with E-state index in [2.05, 4.69) is 10.7 Å². The van der Waals surface area contributed by atoms with Crippen LogP contribution in [0.4, 0.5) is 4.79 Å². The lowest BCUT2D eigenvalue weighted by Crippen LogP contribution is -2.34. The molecule has 1 unspecified atom stereocenters. The fourth-order valence-corrected chi connectivity index (χ4v) is 0.564. The summed E-state index contributed by atoms with van der Waals surface area (Å²) in [6.45, 7) is 1.35. The Morgan fingerprint density at radius 2 is 2.30 bits per heavy atom. The van der Waals surface area contributed by atoms with Gasteiger partial charge in [-0.2, -0.15) is 0 Å². The highest BCUT2D eigenvalue weighted by molar-refractivity contribution is 6.04. The van der Waals surface area contributed by atoms with Crippen molar-refractivity contribution in [2.45, 2.75) is 12.5 Å². The zero-order valence-corrected chi connectivity index (χ0v) is 5.30. The number of amides is 2. The van der Waals surface area contributed by atoms with Gasteiger partial charge >= 0.3 is 6.09 Å².